The van der Waals surface area contributed by atoms with Gasteiger partial charge in [-0.25, -0.2) is 4.39 Å². The molecule has 5 nitrogen and oxygen atoms in total. The van der Waals surface area contributed by atoms with Gasteiger partial charge in [0.05, 0.1) is 7.05 Å². The van der Waals surface area contributed by atoms with Crippen LogP contribution in [0, 0.1) is 11.7 Å². The van der Waals surface area contributed by atoms with Crippen molar-refractivity contribution in [3.8, 4) is 0 Å². The molecule has 2 aromatic rings. The molecule has 21 heavy (non-hydrogen) atoms. The number of aryl methyl sites for hydroxylation is 1. The molecular weight excluding hydrogens is 269 g/mol. The van der Waals surface area contributed by atoms with E-state index in [1.165, 1.54) is 10.9 Å². The van der Waals surface area contributed by atoms with Gasteiger partial charge in [0.1, 0.15) is 5.82 Å². The van der Waals surface area contributed by atoms with E-state index in [2.05, 4.69) is 34.6 Å². The number of nitrogens with zero attached hydrogens (tertiary/aromatic N) is 4. The molecule has 1 aromatic heterocycles. The first kappa shape index (κ1) is 15.6. The van der Waals surface area contributed by atoms with Gasteiger partial charge >= 0.3 is 0 Å². The Balaban J connectivity index is 2.09. The molecule has 0 amide bonds. The number of benzene rings is 1. The predicted octanol–water partition coefficient (Wildman–Crippen LogP) is 1.92. The maximum Gasteiger partial charge on any atom is 0.175 e. The molecular formula is C15H22FN5. The van der Waals surface area contributed by atoms with Gasteiger partial charge in [0.25, 0.3) is 0 Å². The molecule has 6 heteroatoms. The minimum absolute atomic E-state index is 0.128. The number of aromatic nitrogens is 4. The zero-order valence-corrected chi connectivity index (χ0v) is 12.8. The van der Waals surface area contributed by atoms with E-state index in [9.17, 15) is 4.39 Å². The Labute approximate surface area is 124 Å². The molecule has 0 aliphatic rings. The lowest BCUT2D eigenvalue weighted by Crippen LogP contribution is -2.26. The van der Waals surface area contributed by atoms with Crippen molar-refractivity contribution in [2.24, 2.45) is 13.0 Å². The van der Waals surface area contributed by atoms with Crippen LogP contribution < -0.4 is 5.32 Å². The summed E-state index contributed by atoms with van der Waals surface area (Å²) in [6, 6.07) is 6.73. The SMILES string of the molecule is CC(C)CNCC(Cc1nnn(C)n1)c1cccc(F)c1. The van der Waals surface area contributed by atoms with Crippen molar-refractivity contribution < 1.29 is 4.39 Å². The van der Waals surface area contributed by atoms with Crippen molar-refractivity contribution in [2.45, 2.75) is 26.2 Å². The third-order valence-electron chi connectivity index (χ3n) is 3.24. The van der Waals surface area contributed by atoms with E-state index in [1.54, 1.807) is 19.2 Å². The zero-order chi connectivity index (χ0) is 15.2. The van der Waals surface area contributed by atoms with Crippen molar-refractivity contribution in [3.05, 3.63) is 41.5 Å². The van der Waals surface area contributed by atoms with Crippen LogP contribution in [-0.2, 0) is 13.5 Å². The number of hydrogen-bond donors (Lipinski definition) is 1. The minimum atomic E-state index is -0.214. The fourth-order valence-electron chi connectivity index (χ4n) is 2.24. The van der Waals surface area contributed by atoms with Gasteiger partial charge in [-0.2, -0.15) is 4.80 Å². The Morgan fingerprint density at radius 1 is 1.29 bits per heavy atom. The largest absolute Gasteiger partial charge is 0.316 e. The van der Waals surface area contributed by atoms with Gasteiger partial charge in [-0.3, -0.25) is 0 Å². The molecule has 1 unspecified atom stereocenters. The summed E-state index contributed by atoms with van der Waals surface area (Å²) < 4.78 is 13.5. The monoisotopic (exact) mass is 291 g/mol. The molecule has 0 aliphatic carbocycles. The van der Waals surface area contributed by atoms with E-state index < -0.39 is 0 Å². The fourth-order valence-corrected chi connectivity index (χ4v) is 2.24. The normalized spacial score (nSPS) is 12.8. The summed E-state index contributed by atoms with van der Waals surface area (Å²) in [5.74, 6) is 1.17. The van der Waals surface area contributed by atoms with Crippen LogP contribution in [0.25, 0.3) is 0 Å². The summed E-state index contributed by atoms with van der Waals surface area (Å²) >= 11 is 0. The highest BCUT2D eigenvalue weighted by atomic mass is 19.1. The van der Waals surface area contributed by atoms with Crippen LogP contribution in [0.4, 0.5) is 4.39 Å². The van der Waals surface area contributed by atoms with Crippen molar-refractivity contribution in [1.29, 1.82) is 0 Å². The highest BCUT2D eigenvalue weighted by molar-refractivity contribution is 5.22. The molecule has 0 aliphatic heterocycles. The van der Waals surface area contributed by atoms with Gasteiger partial charge < -0.3 is 5.32 Å². The first-order chi connectivity index (χ1) is 10.0. The minimum Gasteiger partial charge on any atom is -0.316 e. The number of rotatable bonds is 7. The van der Waals surface area contributed by atoms with Crippen LogP contribution in [0.1, 0.15) is 31.2 Å². The summed E-state index contributed by atoms with van der Waals surface area (Å²) in [5, 5.41) is 15.5. The number of tetrazole rings is 1. The molecule has 2 rings (SSSR count). The van der Waals surface area contributed by atoms with Crippen LogP contribution in [-0.4, -0.2) is 33.3 Å². The van der Waals surface area contributed by atoms with E-state index in [4.69, 9.17) is 0 Å². The zero-order valence-electron chi connectivity index (χ0n) is 12.8. The summed E-state index contributed by atoms with van der Waals surface area (Å²) in [4.78, 5) is 1.44. The second kappa shape index (κ2) is 7.26. The smallest absolute Gasteiger partial charge is 0.175 e. The Morgan fingerprint density at radius 3 is 2.71 bits per heavy atom. The second-order valence-electron chi connectivity index (χ2n) is 5.70. The maximum absolute atomic E-state index is 13.5. The lowest BCUT2D eigenvalue weighted by molar-refractivity contribution is 0.507. The lowest BCUT2D eigenvalue weighted by atomic mass is 9.95. The third kappa shape index (κ3) is 4.90. The molecule has 1 atom stereocenters. The first-order valence-corrected chi connectivity index (χ1v) is 7.23. The molecule has 0 saturated carbocycles. The second-order valence-corrected chi connectivity index (χ2v) is 5.70. The maximum atomic E-state index is 13.5. The average Bonchev–Trinajstić information content (AvgIpc) is 2.83. The molecule has 0 spiro atoms. The van der Waals surface area contributed by atoms with Crippen molar-refractivity contribution in [1.82, 2.24) is 25.5 Å². The first-order valence-electron chi connectivity index (χ1n) is 7.23. The van der Waals surface area contributed by atoms with E-state index in [0.29, 0.717) is 18.2 Å². The quantitative estimate of drug-likeness (QED) is 0.847. The fraction of sp³-hybridized carbons (Fsp3) is 0.533. The predicted molar refractivity (Wildman–Crippen MR) is 79.4 cm³/mol. The summed E-state index contributed by atoms with van der Waals surface area (Å²) in [7, 11) is 1.74. The average molecular weight is 291 g/mol. The third-order valence-corrected chi connectivity index (χ3v) is 3.24. The van der Waals surface area contributed by atoms with Gasteiger partial charge in [0.2, 0.25) is 0 Å². The van der Waals surface area contributed by atoms with Crippen LogP contribution >= 0.6 is 0 Å². The Bertz CT molecular complexity index is 567. The van der Waals surface area contributed by atoms with E-state index in [0.717, 1.165) is 18.7 Å². The van der Waals surface area contributed by atoms with Crippen LogP contribution in [0.5, 0.6) is 0 Å². The van der Waals surface area contributed by atoms with Crippen molar-refractivity contribution in [3.63, 3.8) is 0 Å². The standard InChI is InChI=1S/C15H22FN5/c1-11(2)9-17-10-13(8-15-18-20-21(3)19-15)12-5-4-6-14(16)7-12/h4-7,11,13,17H,8-10H2,1-3H3. The van der Waals surface area contributed by atoms with Crippen molar-refractivity contribution in [2.75, 3.05) is 13.1 Å². The van der Waals surface area contributed by atoms with Crippen LogP contribution in [0.15, 0.2) is 24.3 Å². The Kier molecular flexibility index (Phi) is 5.38. The van der Waals surface area contributed by atoms with Gasteiger partial charge in [-0.05, 0) is 35.4 Å². The van der Waals surface area contributed by atoms with E-state index in [-0.39, 0.29) is 11.7 Å². The molecule has 1 aromatic carbocycles. The van der Waals surface area contributed by atoms with Gasteiger partial charge in [-0.1, -0.05) is 26.0 Å². The number of hydrogen-bond acceptors (Lipinski definition) is 4. The number of halogens is 1. The highest BCUT2D eigenvalue weighted by Crippen LogP contribution is 2.19. The van der Waals surface area contributed by atoms with Gasteiger partial charge in [-0.15, -0.1) is 10.2 Å². The Hall–Kier alpha value is -1.82. The van der Waals surface area contributed by atoms with E-state index in [1.807, 2.05) is 6.07 Å². The molecule has 0 fully saturated rings. The molecule has 0 radical (unpaired) electrons. The van der Waals surface area contributed by atoms with E-state index >= 15 is 0 Å². The summed E-state index contributed by atoms with van der Waals surface area (Å²) in [6.07, 6.45) is 0.641. The molecule has 1 heterocycles. The summed E-state index contributed by atoms with van der Waals surface area (Å²) in [6.45, 7) is 6.02. The van der Waals surface area contributed by atoms with Gasteiger partial charge in [0, 0.05) is 18.9 Å². The van der Waals surface area contributed by atoms with Crippen LogP contribution in [0.2, 0.25) is 0 Å². The highest BCUT2D eigenvalue weighted by Gasteiger charge is 2.16. The molecule has 114 valence electrons. The van der Waals surface area contributed by atoms with Gasteiger partial charge in [0.15, 0.2) is 5.82 Å². The van der Waals surface area contributed by atoms with Crippen LogP contribution in [0.3, 0.4) is 0 Å². The topological polar surface area (TPSA) is 55.6 Å². The summed E-state index contributed by atoms with van der Waals surface area (Å²) in [5.41, 5.74) is 0.957. The molecule has 0 bridgehead atoms. The lowest BCUT2D eigenvalue weighted by Gasteiger charge is -2.17. The molecule has 0 saturated heterocycles. The Morgan fingerprint density at radius 2 is 2.10 bits per heavy atom. The number of nitrogens with one attached hydrogen (secondary N) is 1. The van der Waals surface area contributed by atoms with Crippen molar-refractivity contribution >= 4 is 0 Å². The molecule has 1 N–H and O–H groups in total.